The lowest BCUT2D eigenvalue weighted by atomic mass is 10.1. The number of ketones is 1. The molecule has 16 heavy (non-hydrogen) atoms. The van der Waals surface area contributed by atoms with Crippen LogP contribution >= 0.6 is 22.9 Å². The summed E-state index contributed by atoms with van der Waals surface area (Å²) >= 11 is 7.40. The molecule has 0 aliphatic rings. The molecule has 0 saturated carbocycles. The molecule has 1 aromatic carbocycles. The lowest BCUT2D eigenvalue weighted by Gasteiger charge is -2.02. The minimum atomic E-state index is 0.101. The van der Waals surface area contributed by atoms with Crippen molar-refractivity contribution in [3.63, 3.8) is 0 Å². The third-order valence-corrected chi connectivity index (χ3v) is 3.50. The van der Waals surface area contributed by atoms with Gasteiger partial charge in [0.15, 0.2) is 5.78 Å². The fourth-order valence-corrected chi connectivity index (χ4v) is 2.12. The van der Waals surface area contributed by atoms with Gasteiger partial charge in [-0.2, -0.15) is 0 Å². The van der Waals surface area contributed by atoms with Gasteiger partial charge in [0.1, 0.15) is 0 Å². The van der Waals surface area contributed by atoms with Crippen molar-refractivity contribution < 1.29 is 4.79 Å². The summed E-state index contributed by atoms with van der Waals surface area (Å²) in [6.45, 7) is 1.89. The highest BCUT2D eigenvalue weighted by atomic mass is 35.5. The number of Topliss-reactive ketones (excluding diaryl/α,β-unsaturated/α-hetero) is 1. The van der Waals surface area contributed by atoms with Crippen molar-refractivity contribution in [2.75, 3.05) is 0 Å². The van der Waals surface area contributed by atoms with E-state index in [1.54, 1.807) is 23.8 Å². The van der Waals surface area contributed by atoms with Gasteiger partial charge in [0.05, 0.1) is 5.51 Å². The number of benzene rings is 1. The highest BCUT2D eigenvalue weighted by Crippen LogP contribution is 2.18. The number of halogens is 1. The van der Waals surface area contributed by atoms with Crippen LogP contribution in [0.4, 0.5) is 0 Å². The number of nitrogens with zero attached hydrogens (tertiary/aromatic N) is 1. The van der Waals surface area contributed by atoms with Crippen LogP contribution in [-0.2, 0) is 6.42 Å². The van der Waals surface area contributed by atoms with E-state index in [0.29, 0.717) is 17.0 Å². The summed E-state index contributed by atoms with van der Waals surface area (Å²) in [7, 11) is 0. The molecular formula is C12H10ClNOS. The SMILES string of the molecule is Cc1cc(C(=O)Cc2cncs2)ccc1Cl. The van der Waals surface area contributed by atoms with Crippen LogP contribution in [0.15, 0.2) is 29.9 Å². The van der Waals surface area contributed by atoms with Gasteiger partial charge in [-0.25, -0.2) is 0 Å². The molecule has 0 saturated heterocycles. The first-order valence-electron chi connectivity index (χ1n) is 4.83. The van der Waals surface area contributed by atoms with Crippen molar-refractivity contribution >= 4 is 28.7 Å². The van der Waals surface area contributed by atoms with E-state index >= 15 is 0 Å². The van der Waals surface area contributed by atoms with Crippen molar-refractivity contribution in [3.05, 3.63) is 50.9 Å². The van der Waals surface area contributed by atoms with Crippen molar-refractivity contribution in [2.24, 2.45) is 0 Å². The van der Waals surface area contributed by atoms with Gasteiger partial charge < -0.3 is 0 Å². The summed E-state index contributed by atoms with van der Waals surface area (Å²) in [5, 5.41) is 0.689. The van der Waals surface area contributed by atoms with E-state index in [1.165, 1.54) is 11.3 Å². The number of carbonyl (C=O) groups excluding carboxylic acids is 1. The molecular weight excluding hydrogens is 242 g/mol. The lowest BCUT2D eigenvalue weighted by Crippen LogP contribution is -2.02. The number of hydrogen-bond acceptors (Lipinski definition) is 3. The van der Waals surface area contributed by atoms with Gasteiger partial charge in [-0.05, 0) is 30.7 Å². The molecule has 0 amide bonds. The predicted molar refractivity (Wildman–Crippen MR) is 66.3 cm³/mol. The van der Waals surface area contributed by atoms with Gasteiger partial charge in [0.2, 0.25) is 0 Å². The minimum Gasteiger partial charge on any atom is -0.294 e. The molecule has 1 aromatic heterocycles. The fourth-order valence-electron chi connectivity index (χ4n) is 1.41. The summed E-state index contributed by atoms with van der Waals surface area (Å²) in [5.41, 5.74) is 3.36. The molecule has 0 fully saturated rings. The molecule has 0 aliphatic carbocycles. The zero-order chi connectivity index (χ0) is 11.5. The summed E-state index contributed by atoms with van der Waals surface area (Å²) < 4.78 is 0. The number of thiazole rings is 1. The zero-order valence-electron chi connectivity index (χ0n) is 8.74. The van der Waals surface area contributed by atoms with E-state index in [4.69, 9.17) is 11.6 Å². The van der Waals surface area contributed by atoms with Crippen LogP contribution in [0.1, 0.15) is 20.8 Å². The Balaban J connectivity index is 2.18. The van der Waals surface area contributed by atoms with Gasteiger partial charge in [-0.3, -0.25) is 9.78 Å². The molecule has 4 heteroatoms. The molecule has 0 aliphatic heterocycles. The second kappa shape index (κ2) is 4.76. The Bertz CT molecular complexity index is 508. The van der Waals surface area contributed by atoms with Crippen LogP contribution in [0.25, 0.3) is 0 Å². The maximum atomic E-state index is 11.9. The van der Waals surface area contributed by atoms with Crippen molar-refractivity contribution in [2.45, 2.75) is 13.3 Å². The molecule has 0 N–H and O–H groups in total. The molecule has 82 valence electrons. The summed E-state index contributed by atoms with van der Waals surface area (Å²) in [4.78, 5) is 16.8. The Kier molecular flexibility index (Phi) is 3.36. The van der Waals surface area contributed by atoms with E-state index in [-0.39, 0.29) is 5.78 Å². The van der Waals surface area contributed by atoms with Gasteiger partial charge in [0.25, 0.3) is 0 Å². The molecule has 0 atom stereocenters. The van der Waals surface area contributed by atoms with Crippen LogP contribution in [0.3, 0.4) is 0 Å². The van der Waals surface area contributed by atoms with E-state index in [0.717, 1.165) is 10.4 Å². The Morgan fingerprint density at radius 3 is 2.94 bits per heavy atom. The second-order valence-electron chi connectivity index (χ2n) is 3.53. The van der Waals surface area contributed by atoms with E-state index in [9.17, 15) is 4.79 Å². The monoisotopic (exact) mass is 251 g/mol. The number of hydrogen-bond donors (Lipinski definition) is 0. The van der Waals surface area contributed by atoms with Gasteiger partial charge in [0, 0.05) is 28.1 Å². The second-order valence-corrected chi connectivity index (χ2v) is 4.91. The number of rotatable bonds is 3. The van der Waals surface area contributed by atoms with Gasteiger partial charge in [-0.1, -0.05) is 11.6 Å². The molecule has 0 bridgehead atoms. The quantitative estimate of drug-likeness (QED) is 0.781. The average molecular weight is 252 g/mol. The standard InChI is InChI=1S/C12H10ClNOS/c1-8-4-9(2-3-11(8)13)12(15)5-10-6-14-7-16-10/h2-4,6-7H,5H2,1H3. The van der Waals surface area contributed by atoms with Crippen LogP contribution in [0.2, 0.25) is 5.02 Å². The first-order valence-corrected chi connectivity index (χ1v) is 6.09. The van der Waals surface area contributed by atoms with Gasteiger partial charge in [-0.15, -0.1) is 11.3 Å². The Morgan fingerprint density at radius 2 is 2.31 bits per heavy atom. The normalized spacial score (nSPS) is 10.4. The summed E-state index contributed by atoms with van der Waals surface area (Å²) in [6.07, 6.45) is 2.14. The smallest absolute Gasteiger partial charge is 0.168 e. The molecule has 2 nitrogen and oxygen atoms in total. The third-order valence-electron chi connectivity index (χ3n) is 2.30. The van der Waals surface area contributed by atoms with Gasteiger partial charge >= 0.3 is 0 Å². The van der Waals surface area contributed by atoms with E-state index in [1.807, 2.05) is 13.0 Å². The zero-order valence-corrected chi connectivity index (χ0v) is 10.3. The summed E-state index contributed by atoms with van der Waals surface area (Å²) in [6, 6.07) is 5.35. The third kappa shape index (κ3) is 2.49. The Labute approximate surface area is 103 Å². The van der Waals surface area contributed by atoms with Crippen molar-refractivity contribution in [1.29, 1.82) is 0 Å². The maximum Gasteiger partial charge on any atom is 0.168 e. The molecule has 0 unspecified atom stereocenters. The molecule has 2 rings (SSSR count). The highest BCUT2D eigenvalue weighted by Gasteiger charge is 2.09. The van der Waals surface area contributed by atoms with E-state index in [2.05, 4.69) is 4.98 Å². The average Bonchev–Trinajstić information content (AvgIpc) is 2.74. The van der Waals surface area contributed by atoms with Crippen LogP contribution in [0, 0.1) is 6.92 Å². The highest BCUT2D eigenvalue weighted by molar-refractivity contribution is 7.09. The fraction of sp³-hybridized carbons (Fsp3) is 0.167. The minimum absolute atomic E-state index is 0.101. The number of carbonyl (C=O) groups is 1. The Morgan fingerprint density at radius 1 is 1.50 bits per heavy atom. The van der Waals surface area contributed by atoms with Crippen LogP contribution in [-0.4, -0.2) is 10.8 Å². The summed E-state index contributed by atoms with van der Waals surface area (Å²) in [5.74, 6) is 0.101. The van der Waals surface area contributed by atoms with E-state index < -0.39 is 0 Å². The van der Waals surface area contributed by atoms with Crippen molar-refractivity contribution in [1.82, 2.24) is 4.98 Å². The topological polar surface area (TPSA) is 30.0 Å². The first kappa shape index (κ1) is 11.3. The lowest BCUT2D eigenvalue weighted by molar-refractivity contribution is 0.0993. The predicted octanol–water partition coefficient (Wildman–Crippen LogP) is 3.53. The largest absolute Gasteiger partial charge is 0.294 e. The first-order chi connectivity index (χ1) is 7.66. The number of aryl methyl sites for hydroxylation is 1. The Hall–Kier alpha value is -1.19. The molecule has 1 heterocycles. The van der Waals surface area contributed by atoms with Crippen molar-refractivity contribution in [3.8, 4) is 0 Å². The maximum absolute atomic E-state index is 11.9. The van der Waals surface area contributed by atoms with Crippen LogP contribution in [0.5, 0.6) is 0 Å². The molecule has 0 spiro atoms. The molecule has 0 radical (unpaired) electrons. The van der Waals surface area contributed by atoms with Crippen LogP contribution < -0.4 is 0 Å². The molecule has 2 aromatic rings. The number of aromatic nitrogens is 1.